The predicted octanol–water partition coefficient (Wildman–Crippen LogP) is 7.87. The van der Waals surface area contributed by atoms with Gasteiger partial charge in [-0.05, 0) is 78.3 Å². The molecule has 1 aliphatic carbocycles. The largest absolute Gasteiger partial charge is 0.206 e. The minimum absolute atomic E-state index is 0.0504. The number of halogens is 3. The van der Waals surface area contributed by atoms with Gasteiger partial charge in [0.05, 0.1) is 11.1 Å². The molecule has 30 heavy (non-hydrogen) atoms. The van der Waals surface area contributed by atoms with Crippen LogP contribution in [0.2, 0.25) is 0 Å². The lowest BCUT2D eigenvalue weighted by Crippen LogP contribution is -2.13. The molecule has 0 atom stereocenters. The van der Waals surface area contributed by atoms with Gasteiger partial charge in [0, 0.05) is 5.39 Å². The third-order valence-corrected chi connectivity index (χ3v) is 6.44. The van der Waals surface area contributed by atoms with E-state index < -0.39 is 17.5 Å². The fourth-order valence-corrected chi connectivity index (χ4v) is 4.83. The van der Waals surface area contributed by atoms with Gasteiger partial charge in [-0.1, -0.05) is 38.0 Å². The summed E-state index contributed by atoms with van der Waals surface area (Å²) in [4.78, 5) is 0. The van der Waals surface area contributed by atoms with Crippen LogP contribution >= 0.6 is 0 Å². The van der Waals surface area contributed by atoms with Crippen LogP contribution in [0, 0.1) is 34.7 Å². The van der Waals surface area contributed by atoms with Crippen LogP contribution in [0.5, 0.6) is 0 Å². The first kappa shape index (κ1) is 20.5. The summed E-state index contributed by atoms with van der Waals surface area (Å²) in [5.41, 5.74) is 0.949. The van der Waals surface area contributed by atoms with Gasteiger partial charge in [-0.3, -0.25) is 0 Å². The molecule has 1 aliphatic rings. The van der Waals surface area contributed by atoms with Crippen molar-refractivity contribution in [2.24, 2.45) is 5.92 Å². The van der Waals surface area contributed by atoms with E-state index in [0.29, 0.717) is 10.9 Å². The lowest BCUT2D eigenvalue weighted by molar-refractivity contribution is 0.307. The van der Waals surface area contributed by atoms with Gasteiger partial charge in [-0.15, -0.1) is 0 Å². The molecule has 154 valence electrons. The molecule has 3 aromatic carbocycles. The molecule has 0 aromatic heterocycles. The van der Waals surface area contributed by atoms with Crippen LogP contribution in [0.3, 0.4) is 0 Å². The average molecular weight is 407 g/mol. The summed E-state index contributed by atoms with van der Waals surface area (Å²) in [6.45, 7) is 2.19. The summed E-state index contributed by atoms with van der Waals surface area (Å²) in [6.07, 6.45) is 6.58. The van der Waals surface area contributed by atoms with Crippen LogP contribution in [0.15, 0.2) is 42.5 Å². The van der Waals surface area contributed by atoms with Gasteiger partial charge >= 0.3 is 0 Å². The van der Waals surface area contributed by atoms with E-state index in [2.05, 4.69) is 6.92 Å². The zero-order chi connectivity index (χ0) is 21.3. The van der Waals surface area contributed by atoms with E-state index in [1.54, 1.807) is 18.2 Å². The molecule has 0 unspecified atom stereocenters. The summed E-state index contributed by atoms with van der Waals surface area (Å²) < 4.78 is 44.3. The highest BCUT2D eigenvalue weighted by Gasteiger charge is 2.24. The Kier molecular flexibility index (Phi) is 5.81. The number of hydrogen-bond acceptors (Lipinski definition) is 1. The Labute approximate surface area is 175 Å². The Bertz CT molecular complexity index is 1100. The van der Waals surface area contributed by atoms with Crippen LogP contribution in [0.1, 0.15) is 62.5 Å². The molecule has 4 rings (SSSR count). The molecule has 1 fully saturated rings. The van der Waals surface area contributed by atoms with Crippen molar-refractivity contribution in [3.63, 3.8) is 0 Å². The third kappa shape index (κ3) is 3.81. The minimum atomic E-state index is -0.614. The highest BCUT2D eigenvalue weighted by Crippen LogP contribution is 2.39. The van der Waals surface area contributed by atoms with Crippen molar-refractivity contribution in [2.45, 2.75) is 51.4 Å². The number of benzene rings is 3. The molecule has 0 bridgehead atoms. The third-order valence-electron chi connectivity index (χ3n) is 6.44. The fraction of sp³-hybridized carbons (Fsp3) is 0.346. The van der Waals surface area contributed by atoms with Crippen LogP contribution in [0.4, 0.5) is 13.2 Å². The zero-order valence-corrected chi connectivity index (χ0v) is 17.0. The summed E-state index contributed by atoms with van der Waals surface area (Å²) in [5, 5.41) is 9.73. The van der Waals surface area contributed by atoms with E-state index in [-0.39, 0.29) is 22.4 Å². The van der Waals surface area contributed by atoms with Crippen LogP contribution in [0.25, 0.3) is 21.9 Å². The molecule has 0 radical (unpaired) electrons. The molecule has 3 aromatic rings. The normalized spacial score (nSPS) is 19.0. The number of rotatable bonds is 4. The maximum absolute atomic E-state index is 15.0. The number of fused-ring (bicyclic) bond motifs is 1. The van der Waals surface area contributed by atoms with Crippen LogP contribution in [-0.4, -0.2) is 0 Å². The van der Waals surface area contributed by atoms with Crippen molar-refractivity contribution in [3.8, 4) is 17.2 Å². The van der Waals surface area contributed by atoms with Crippen molar-refractivity contribution in [2.75, 3.05) is 0 Å². The Morgan fingerprint density at radius 1 is 0.933 bits per heavy atom. The highest BCUT2D eigenvalue weighted by atomic mass is 19.1. The molecule has 0 N–H and O–H groups in total. The molecule has 0 amide bonds. The number of nitriles is 1. The number of nitrogens with zero attached hydrogens (tertiary/aromatic N) is 1. The van der Waals surface area contributed by atoms with E-state index >= 15 is 0 Å². The van der Waals surface area contributed by atoms with Crippen molar-refractivity contribution >= 4 is 10.8 Å². The lowest BCUT2D eigenvalue weighted by Gasteiger charge is -2.29. The van der Waals surface area contributed by atoms with Crippen molar-refractivity contribution < 1.29 is 13.2 Å². The monoisotopic (exact) mass is 407 g/mol. The molecule has 4 heteroatoms. The van der Waals surface area contributed by atoms with Gasteiger partial charge in [0.25, 0.3) is 0 Å². The Morgan fingerprint density at radius 2 is 1.63 bits per heavy atom. The summed E-state index contributed by atoms with van der Waals surface area (Å²) in [7, 11) is 0. The van der Waals surface area contributed by atoms with E-state index in [0.717, 1.165) is 37.2 Å². The lowest BCUT2D eigenvalue weighted by atomic mass is 9.77. The number of hydrogen-bond donors (Lipinski definition) is 0. The van der Waals surface area contributed by atoms with Gasteiger partial charge in [0.15, 0.2) is 0 Å². The Hall–Kier alpha value is -2.80. The fourth-order valence-electron chi connectivity index (χ4n) is 4.83. The van der Waals surface area contributed by atoms with Gasteiger partial charge in [0.1, 0.15) is 23.5 Å². The zero-order valence-electron chi connectivity index (χ0n) is 17.0. The smallest absolute Gasteiger partial charge is 0.148 e. The van der Waals surface area contributed by atoms with Crippen molar-refractivity contribution in [1.82, 2.24) is 0 Å². The summed E-state index contributed by atoms with van der Waals surface area (Å²) in [6, 6.07) is 12.3. The molecule has 0 spiro atoms. The van der Waals surface area contributed by atoms with Gasteiger partial charge in [-0.2, -0.15) is 5.26 Å². The van der Waals surface area contributed by atoms with E-state index in [1.165, 1.54) is 43.2 Å². The Morgan fingerprint density at radius 3 is 2.27 bits per heavy atom. The Balaban J connectivity index is 1.65. The van der Waals surface area contributed by atoms with Crippen LogP contribution < -0.4 is 0 Å². The van der Waals surface area contributed by atoms with Gasteiger partial charge in [0.2, 0.25) is 0 Å². The van der Waals surface area contributed by atoms with Crippen molar-refractivity contribution in [1.29, 1.82) is 5.26 Å². The molecule has 1 nitrogen and oxygen atoms in total. The molecular weight excluding hydrogens is 383 g/mol. The second kappa shape index (κ2) is 8.52. The minimum Gasteiger partial charge on any atom is -0.206 e. The average Bonchev–Trinajstić information content (AvgIpc) is 2.74. The van der Waals surface area contributed by atoms with E-state index in [4.69, 9.17) is 5.26 Å². The van der Waals surface area contributed by atoms with Crippen molar-refractivity contribution in [3.05, 3.63) is 71.0 Å². The van der Waals surface area contributed by atoms with Gasteiger partial charge < -0.3 is 0 Å². The molecular formula is C26H24F3N. The first-order valence-electron chi connectivity index (χ1n) is 10.6. The first-order valence-corrected chi connectivity index (χ1v) is 10.6. The van der Waals surface area contributed by atoms with E-state index in [1.807, 2.05) is 0 Å². The first-order chi connectivity index (χ1) is 14.5. The maximum atomic E-state index is 15.0. The topological polar surface area (TPSA) is 23.8 Å². The van der Waals surface area contributed by atoms with Crippen LogP contribution in [-0.2, 0) is 0 Å². The molecule has 0 aliphatic heterocycles. The maximum Gasteiger partial charge on any atom is 0.148 e. The van der Waals surface area contributed by atoms with E-state index in [9.17, 15) is 13.2 Å². The quantitative estimate of drug-likeness (QED) is 0.432. The summed E-state index contributed by atoms with van der Waals surface area (Å²) >= 11 is 0. The second-order valence-electron chi connectivity index (χ2n) is 8.34. The predicted molar refractivity (Wildman–Crippen MR) is 114 cm³/mol. The SMILES string of the molecule is CCCC1CCC(c2cc(F)c(-c3ccc4c(F)c(C#N)ccc4c3)c(F)c2)CC1. The molecule has 0 heterocycles. The standard InChI is InChI=1S/C26H24F3N/c1-2-3-16-4-6-17(7-5-16)21-13-23(27)25(24(28)14-21)19-10-11-22-18(12-19)8-9-20(15-30)26(22)29/h8-14,16-17H,2-7H2,1H3. The highest BCUT2D eigenvalue weighted by molar-refractivity contribution is 5.89. The molecule has 0 saturated heterocycles. The summed E-state index contributed by atoms with van der Waals surface area (Å²) in [5.74, 6) is -0.856. The second-order valence-corrected chi connectivity index (χ2v) is 8.34. The molecule has 1 saturated carbocycles. The van der Waals surface area contributed by atoms with Gasteiger partial charge in [-0.25, -0.2) is 13.2 Å².